The van der Waals surface area contributed by atoms with E-state index in [9.17, 15) is 9.59 Å². The molecule has 0 bridgehead atoms. The van der Waals surface area contributed by atoms with E-state index in [1.54, 1.807) is 29.2 Å². The Bertz CT molecular complexity index is 838. The van der Waals surface area contributed by atoms with Gasteiger partial charge in [-0.15, -0.1) is 0 Å². The number of ether oxygens (including phenoxy) is 1. The molecular formula is C18H16ClN3O3. The number of benzene rings is 2. The van der Waals surface area contributed by atoms with Gasteiger partial charge in [-0.25, -0.2) is 0 Å². The summed E-state index contributed by atoms with van der Waals surface area (Å²) in [4.78, 5) is 25.7. The van der Waals surface area contributed by atoms with Crippen LogP contribution in [0.5, 0.6) is 5.75 Å². The zero-order valence-corrected chi connectivity index (χ0v) is 14.0. The molecule has 2 aromatic carbocycles. The minimum absolute atomic E-state index is 0.00313. The largest absolute Gasteiger partial charge is 0.482 e. The molecule has 128 valence electrons. The van der Waals surface area contributed by atoms with Gasteiger partial charge >= 0.3 is 0 Å². The van der Waals surface area contributed by atoms with Crippen LogP contribution in [0.2, 0.25) is 5.02 Å². The predicted molar refractivity (Wildman–Crippen MR) is 96.4 cm³/mol. The van der Waals surface area contributed by atoms with Crippen LogP contribution in [0, 0.1) is 0 Å². The van der Waals surface area contributed by atoms with Crippen LogP contribution in [0.15, 0.2) is 42.5 Å². The first-order chi connectivity index (χ1) is 12.1. The highest BCUT2D eigenvalue weighted by atomic mass is 35.5. The first kappa shape index (κ1) is 15.8. The zero-order chi connectivity index (χ0) is 17.4. The number of nitrogens with zero attached hydrogens (tertiary/aromatic N) is 1. The lowest BCUT2D eigenvalue weighted by atomic mass is 10.2. The molecule has 0 aromatic heterocycles. The molecule has 4 rings (SSSR count). The van der Waals surface area contributed by atoms with E-state index in [2.05, 4.69) is 10.6 Å². The molecule has 2 amide bonds. The Labute approximate surface area is 149 Å². The van der Waals surface area contributed by atoms with Gasteiger partial charge in [0.2, 0.25) is 5.91 Å². The molecule has 0 spiro atoms. The van der Waals surface area contributed by atoms with Crippen LogP contribution in [0.4, 0.5) is 17.1 Å². The van der Waals surface area contributed by atoms with Crippen molar-refractivity contribution in [3.63, 3.8) is 0 Å². The number of fused-ring (bicyclic) bond motifs is 1. The number of hydrogen-bond acceptors (Lipinski definition) is 4. The van der Waals surface area contributed by atoms with E-state index in [0.717, 1.165) is 11.4 Å². The van der Waals surface area contributed by atoms with E-state index in [1.807, 2.05) is 18.2 Å². The van der Waals surface area contributed by atoms with Crippen molar-refractivity contribution in [2.75, 3.05) is 28.7 Å². The number of nitrogens with one attached hydrogen (secondary N) is 2. The first-order valence-electron chi connectivity index (χ1n) is 8.00. The summed E-state index contributed by atoms with van der Waals surface area (Å²) in [6.07, 6.45) is 0.705. The lowest BCUT2D eigenvalue weighted by Gasteiger charge is -2.20. The van der Waals surface area contributed by atoms with E-state index in [0.29, 0.717) is 29.4 Å². The number of carbonyl (C=O) groups is 2. The number of anilines is 3. The van der Waals surface area contributed by atoms with Crippen molar-refractivity contribution < 1.29 is 14.3 Å². The fourth-order valence-corrected chi connectivity index (χ4v) is 3.18. The van der Waals surface area contributed by atoms with Crippen molar-refractivity contribution in [2.45, 2.75) is 12.5 Å². The Hall–Kier alpha value is -2.73. The third-order valence-corrected chi connectivity index (χ3v) is 4.55. The second-order valence-corrected chi connectivity index (χ2v) is 6.44. The van der Waals surface area contributed by atoms with Crippen LogP contribution in [0.25, 0.3) is 0 Å². The van der Waals surface area contributed by atoms with Gasteiger partial charge in [0, 0.05) is 29.0 Å². The molecule has 2 heterocycles. The average molecular weight is 358 g/mol. The van der Waals surface area contributed by atoms with Gasteiger partial charge in [0.25, 0.3) is 5.91 Å². The van der Waals surface area contributed by atoms with Crippen molar-refractivity contribution in [3.05, 3.63) is 47.5 Å². The Balaban J connectivity index is 1.48. The van der Waals surface area contributed by atoms with Gasteiger partial charge < -0.3 is 20.3 Å². The van der Waals surface area contributed by atoms with Crippen molar-refractivity contribution >= 4 is 40.5 Å². The Morgan fingerprint density at radius 1 is 1.16 bits per heavy atom. The summed E-state index contributed by atoms with van der Waals surface area (Å²) < 4.78 is 5.41. The first-order valence-corrected chi connectivity index (χ1v) is 8.38. The Morgan fingerprint density at radius 3 is 2.76 bits per heavy atom. The molecular weight excluding hydrogens is 342 g/mol. The summed E-state index contributed by atoms with van der Waals surface area (Å²) >= 11 is 5.90. The zero-order valence-electron chi connectivity index (χ0n) is 13.3. The van der Waals surface area contributed by atoms with Gasteiger partial charge in [0.1, 0.15) is 11.8 Å². The topological polar surface area (TPSA) is 70.7 Å². The van der Waals surface area contributed by atoms with E-state index >= 15 is 0 Å². The van der Waals surface area contributed by atoms with Crippen LogP contribution >= 0.6 is 11.6 Å². The van der Waals surface area contributed by atoms with Crippen molar-refractivity contribution in [1.29, 1.82) is 0 Å². The standard InChI is InChI=1S/C18H16ClN3O3/c19-11-1-4-13(5-2-11)22-8-7-15(18(22)24)20-12-3-6-14-16(9-12)25-10-17(23)21-14/h1-6,9,15,20H,7-8,10H2,(H,21,23). The van der Waals surface area contributed by atoms with Crippen molar-refractivity contribution in [1.82, 2.24) is 0 Å². The summed E-state index contributed by atoms with van der Waals surface area (Å²) in [5.74, 6) is 0.455. The van der Waals surface area contributed by atoms with Crippen molar-refractivity contribution in [2.24, 2.45) is 0 Å². The van der Waals surface area contributed by atoms with Crippen LogP contribution in [0.1, 0.15) is 6.42 Å². The summed E-state index contributed by atoms with van der Waals surface area (Å²) in [6, 6.07) is 12.3. The smallest absolute Gasteiger partial charge is 0.262 e. The SMILES string of the molecule is O=C1COc2cc(NC3CCN(c4ccc(Cl)cc4)C3=O)ccc2N1. The summed E-state index contributed by atoms with van der Waals surface area (Å²) in [7, 11) is 0. The highest BCUT2D eigenvalue weighted by Gasteiger charge is 2.32. The second kappa shape index (κ2) is 6.29. The fourth-order valence-electron chi connectivity index (χ4n) is 3.06. The normalized spacial score (nSPS) is 19.2. The number of carbonyl (C=O) groups excluding carboxylic acids is 2. The maximum atomic E-state index is 12.7. The van der Waals surface area contributed by atoms with Crippen LogP contribution in [-0.4, -0.2) is 31.0 Å². The number of halogens is 1. The van der Waals surface area contributed by atoms with Gasteiger partial charge in [-0.1, -0.05) is 11.6 Å². The highest BCUT2D eigenvalue weighted by molar-refractivity contribution is 6.30. The molecule has 7 heteroatoms. The minimum atomic E-state index is -0.299. The Morgan fingerprint density at radius 2 is 1.96 bits per heavy atom. The molecule has 2 aliphatic rings. The van der Waals surface area contributed by atoms with E-state index < -0.39 is 0 Å². The number of hydrogen-bond donors (Lipinski definition) is 2. The summed E-state index contributed by atoms with van der Waals surface area (Å²) in [6.45, 7) is 0.652. The quantitative estimate of drug-likeness (QED) is 0.886. The van der Waals surface area contributed by atoms with Crippen LogP contribution in [0.3, 0.4) is 0 Å². The third-order valence-electron chi connectivity index (χ3n) is 4.30. The molecule has 0 saturated carbocycles. The van der Waals surface area contributed by atoms with Crippen LogP contribution < -0.4 is 20.3 Å². The molecule has 1 atom stereocenters. The molecule has 1 unspecified atom stereocenters. The van der Waals surface area contributed by atoms with E-state index in [1.165, 1.54) is 0 Å². The monoisotopic (exact) mass is 357 g/mol. The summed E-state index contributed by atoms with van der Waals surface area (Å²) in [5.41, 5.74) is 2.27. The maximum Gasteiger partial charge on any atom is 0.262 e. The molecule has 1 saturated heterocycles. The van der Waals surface area contributed by atoms with Gasteiger partial charge in [-0.3, -0.25) is 9.59 Å². The molecule has 1 fully saturated rings. The number of amides is 2. The third kappa shape index (κ3) is 3.13. The molecule has 0 radical (unpaired) electrons. The molecule has 2 aromatic rings. The molecule has 2 aliphatic heterocycles. The van der Waals surface area contributed by atoms with Gasteiger partial charge in [-0.05, 0) is 42.8 Å². The highest BCUT2D eigenvalue weighted by Crippen LogP contribution is 2.32. The lowest BCUT2D eigenvalue weighted by Crippen LogP contribution is -2.33. The molecule has 25 heavy (non-hydrogen) atoms. The Kier molecular flexibility index (Phi) is 3.97. The van der Waals surface area contributed by atoms with Crippen LogP contribution in [-0.2, 0) is 9.59 Å². The number of rotatable bonds is 3. The van der Waals surface area contributed by atoms with E-state index in [4.69, 9.17) is 16.3 Å². The average Bonchev–Trinajstić information content (AvgIpc) is 2.96. The van der Waals surface area contributed by atoms with Gasteiger partial charge in [0.15, 0.2) is 6.61 Å². The minimum Gasteiger partial charge on any atom is -0.482 e. The maximum absolute atomic E-state index is 12.7. The predicted octanol–water partition coefficient (Wildman–Crippen LogP) is 2.89. The van der Waals surface area contributed by atoms with Crippen molar-refractivity contribution in [3.8, 4) is 5.75 Å². The molecule has 2 N–H and O–H groups in total. The second-order valence-electron chi connectivity index (χ2n) is 6.00. The summed E-state index contributed by atoms with van der Waals surface area (Å²) in [5, 5.41) is 6.64. The molecule has 6 nitrogen and oxygen atoms in total. The van der Waals surface area contributed by atoms with Gasteiger partial charge in [0.05, 0.1) is 5.69 Å². The van der Waals surface area contributed by atoms with Gasteiger partial charge in [-0.2, -0.15) is 0 Å². The van der Waals surface area contributed by atoms with E-state index in [-0.39, 0.29) is 24.5 Å². The molecule has 0 aliphatic carbocycles. The lowest BCUT2D eigenvalue weighted by molar-refractivity contribution is -0.119. The fraction of sp³-hybridized carbons (Fsp3) is 0.222.